The summed E-state index contributed by atoms with van der Waals surface area (Å²) in [7, 11) is 0. The minimum Gasteiger partial charge on any atom is -0.348 e. The molecule has 0 heterocycles. The predicted octanol–water partition coefficient (Wildman–Crippen LogP) is 2.26. The molecule has 4 heteroatoms. The fraction of sp³-hybridized carbons (Fsp3) is 0.357. The van der Waals surface area contributed by atoms with Gasteiger partial charge in [-0.2, -0.15) is 0 Å². The van der Waals surface area contributed by atoms with Crippen LogP contribution in [0.5, 0.6) is 0 Å². The zero-order valence-corrected chi connectivity index (χ0v) is 11.1. The summed E-state index contributed by atoms with van der Waals surface area (Å²) in [5.74, 6) is 2.15. The van der Waals surface area contributed by atoms with Gasteiger partial charge in [0.25, 0.3) is 0 Å². The standard InChI is InChI=1S/C14H17ClN2O/c1-3-6-12(16)14(18)17-13(4-2)10-7-5-8-11(15)9-10/h1,5,7-9,12-13H,4,6,16H2,2H3,(H,17,18). The van der Waals surface area contributed by atoms with Crippen molar-refractivity contribution in [2.75, 3.05) is 0 Å². The molecule has 3 N–H and O–H groups in total. The van der Waals surface area contributed by atoms with Crippen molar-refractivity contribution in [2.24, 2.45) is 5.73 Å². The van der Waals surface area contributed by atoms with Crippen molar-refractivity contribution < 1.29 is 4.79 Å². The summed E-state index contributed by atoms with van der Waals surface area (Å²) in [5.41, 5.74) is 6.62. The molecular formula is C14H17ClN2O. The molecule has 0 aliphatic rings. The van der Waals surface area contributed by atoms with Crippen LogP contribution in [0.25, 0.3) is 0 Å². The van der Waals surface area contributed by atoms with Crippen LogP contribution < -0.4 is 11.1 Å². The van der Waals surface area contributed by atoms with Crippen LogP contribution in [0.1, 0.15) is 31.4 Å². The van der Waals surface area contributed by atoms with E-state index >= 15 is 0 Å². The Balaban J connectivity index is 2.74. The first-order chi connectivity index (χ1) is 8.58. The van der Waals surface area contributed by atoms with Crippen molar-refractivity contribution >= 4 is 17.5 Å². The first kappa shape index (κ1) is 14.6. The Morgan fingerprint density at radius 2 is 2.33 bits per heavy atom. The molecule has 0 aromatic heterocycles. The van der Waals surface area contributed by atoms with Crippen molar-refractivity contribution in [1.82, 2.24) is 5.32 Å². The monoisotopic (exact) mass is 264 g/mol. The van der Waals surface area contributed by atoms with Gasteiger partial charge in [0.05, 0.1) is 12.1 Å². The van der Waals surface area contributed by atoms with Gasteiger partial charge >= 0.3 is 0 Å². The highest BCUT2D eigenvalue weighted by Crippen LogP contribution is 2.20. The summed E-state index contributed by atoms with van der Waals surface area (Å²) < 4.78 is 0. The second kappa shape index (κ2) is 7.05. The Morgan fingerprint density at radius 1 is 1.61 bits per heavy atom. The van der Waals surface area contributed by atoms with Crippen LogP contribution in [0, 0.1) is 12.3 Å². The van der Waals surface area contributed by atoms with Gasteiger partial charge in [-0.05, 0) is 24.1 Å². The maximum Gasteiger partial charge on any atom is 0.238 e. The number of terminal acetylenes is 1. The highest BCUT2D eigenvalue weighted by molar-refractivity contribution is 6.30. The van der Waals surface area contributed by atoms with E-state index in [4.69, 9.17) is 23.8 Å². The van der Waals surface area contributed by atoms with Crippen LogP contribution in [0.4, 0.5) is 0 Å². The molecule has 0 bridgehead atoms. The number of hydrogen-bond acceptors (Lipinski definition) is 2. The molecule has 1 aromatic carbocycles. The normalized spacial score (nSPS) is 13.4. The van der Waals surface area contributed by atoms with E-state index in [9.17, 15) is 4.79 Å². The second-order valence-corrected chi connectivity index (χ2v) is 4.48. The lowest BCUT2D eigenvalue weighted by atomic mass is 10.0. The Kier molecular flexibility index (Phi) is 5.70. The van der Waals surface area contributed by atoms with Crippen LogP contribution in [-0.4, -0.2) is 11.9 Å². The molecule has 0 aliphatic heterocycles. The smallest absolute Gasteiger partial charge is 0.238 e. The van der Waals surface area contributed by atoms with E-state index in [1.54, 1.807) is 6.07 Å². The first-order valence-corrected chi connectivity index (χ1v) is 6.21. The van der Waals surface area contributed by atoms with Gasteiger partial charge in [0, 0.05) is 11.4 Å². The molecule has 0 saturated carbocycles. The van der Waals surface area contributed by atoms with E-state index in [1.807, 2.05) is 25.1 Å². The third-order valence-electron chi connectivity index (χ3n) is 2.65. The van der Waals surface area contributed by atoms with Crippen LogP contribution in [0.2, 0.25) is 5.02 Å². The van der Waals surface area contributed by atoms with Gasteiger partial charge < -0.3 is 11.1 Å². The minimum atomic E-state index is -0.664. The summed E-state index contributed by atoms with van der Waals surface area (Å²) in [6.07, 6.45) is 6.13. The van der Waals surface area contributed by atoms with Crippen molar-refractivity contribution in [3.8, 4) is 12.3 Å². The quantitative estimate of drug-likeness (QED) is 0.802. The Morgan fingerprint density at radius 3 is 2.89 bits per heavy atom. The van der Waals surface area contributed by atoms with Crippen LogP contribution in [0.15, 0.2) is 24.3 Å². The molecule has 1 rings (SSSR count). The van der Waals surface area contributed by atoms with Gasteiger partial charge in [-0.25, -0.2) is 0 Å². The summed E-state index contributed by atoms with van der Waals surface area (Å²) in [6.45, 7) is 1.98. The van der Waals surface area contributed by atoms with Crippen LogP contribution in [0.3, 0.4) is 0 Å². The summed E-state index contributed by atoms with van der Waals surface area (Å²) in [4.78, 5) is 11.8. The number of nitrogens with two attached hydrogens (primary N) is 1. The van der Waals surface area contributed by atoms with Crippen LogP contribution >= 0.6 is 11.6 Å². The van der Waals surface area contributed by atoms with E-state index in [1.165, 1.54) is 0 Å². The zero-order valence-electron chi connectivity index (χ0n) is 10.3. The molecule has 1 amide bonds. The van der Waals surface area contributed by atoms with Crippen molar-refractivity contribution in [3.05, 3.63) is 34.9 Å². The second-order valence-electron chi connectivity index (χ2n) is 4.04. The molecule has 18 heavy (non-hydrogen) atoms. The first-order valence-electron chi connectivity index (χ1n) is 5.83. The Bertz CT molecular complexity index is 453. The molecule has 0 spiro atoms. The van der Waals surface area contributed by atoms with E-state index in [2.05, 4.69) is 11.2 Å². The lowest BCUT2D eigenvalue weighted by Gasteiger charge is -2.19. The van der Waals surface area contributed by atoms with Crippen molar-refractivity contribution in [1.29, 1.82) is 0 Å². The summed E-state index contributed by atoms with van der Waals surface area (Å²) in [6, 6.07) is 6.65. The molecular weight excluding hydrogens is 248 g/mol. The van der Waals surface area contributed by atoms with Gasteiger partial charge in [0.2, 0.25) is 5.91 Å². The number of amides is 1. The van der Waals surface area contributed by atoms with E-state index < -0.39 is 6.04 Å². The highest BCUT2D eigenvalue weighted by Gasteiger charge is 2.17. The topological polar surface area (TPSA) is 55.1 Å². The van der Waals surface area contributed by atoms with Gasteiger partial charge in [0.15, 0.2) is 0 Å². The highest BCUT2D eigenvalue weighted by atomic mass is 35.5. The van der Waals surface area contributed by atoms with Gasteiger partial charge in [-0.3, -0.25) is 4.79 Å². The molecule has 0 aliphatic carbocycles. The predicted molar refractivity (Wildman–Crippen MR) is 74.1 cm³/mol. The lowest BCUT2D eigenvalue weighted by Crippen LogP contribution is -2.41. The molecule has 96 valence electrons. The van der Waals surface area contributed by atoms with Crippen molar-refractivity contribution in [2.45, 2.75) is 31.8 Å². The van der Waals surface area contributed by atoms with E-state index in [0.717, 1.165) is 12.0 Å². The maximum atomic E-state index is 11.8. The maximum absolute atomic E-state index is 11.8. The Labute approximate surface area is 113 Å². The molecule has 0 fully saturated rings. The van der Waals surface area contributed by atoms with Crippen LogP contribution in [-0.2, 0) is 4.79 Å². The molecule has 2 atom stereocenters. The molecule has 3 nitrogen and oxygen atoms in total. The molecule has 0 saturated heterocycles. The molecule has 0 radical (unpaired) electrons. The minimum absolute atomic E-state index is 0.0972. The molecule has 1 aromatic rings. The number of carbonyl (C=O) groups excluding carboxylic acids is 1. The average Bonchev–Trinajstić information content (AvgIpc) is 2.35. The van der Waals surface area contributed by atoms with Crippen molar-refractivity contribution in [3.63, 3.8) is 0 Å². The number of rotatable bonds is 5. The third kappa shape index (κ3) is 4.06. The Hall–Kier alpha value is -1.50. The fourth-order valence-electron chi connectivity index (χ4n) is 1.64. The van der Waals surface area contributed by atoms with E-state index in [0.29, 0.717) is 5.02 Å². The third-order valence-corrected chi connectivity index (χ3v) is 2.89. The largest absolute Gasteiger partial charge is 0.348 e. The van der Waals surface area contributed by atoms with E-state index in [-0.39, 0.29) is 18.4 Å². The van der Waals surface area contributed by atoms with Gasteiger partial charge in [0.1, 0.15) is 0 Å². The number of hydrogen-bond donors (Lipinski definition) is 2. The van der Waals surface area contributed by atoms with Gasteiger partial charge in [-0.1, -0.05) is 30.7 Å². The fourth-order valence-corrected chi connectivity index (χ4v) is 1.84. The van der Waals surface area contributed by atoms with Gasteiger partial charge in [-0.15, -0.1) is 12.3 Å². The number of nitrogens with one attached hydrogen (secondary N) is 1. The summed E-state index contributed by atoms with van der Waals surface area (Å²) >= 11 is 5.93. The zero-order chi connectivity index (χ0) is 13.5. The number of benzene rings is 1. The number of halogens is 1. The summed E-state index contributed by atoms with van der Waals surface area (Å²) in [5, 5.41) is 3.52. The SMILES string of the molecule is C#CCC(N)C(=O)NC(CC)c1cccc(Cl)c1. The molecule has 2 unspecified atom stereocenters. The lowest BCUT2D eigenvalue weighted by molar-refractivity contribution is -0.123. The average molecular weight is 265 g/mol. The number of carbonyl (C=O) groups is 1.